The van der Waals surface area contributed by atoms with E-state index in [-0.39, 0.29) is 0 Å². The van der Waals surface area contributed by atoms with Crippen molar-refractivity contribution in [1.82, 2.24) is 14.7 Å². The molecule has 3 rings (SSSR count). The van der Waals surface area contributed by atoms with Crippen LogP contribution in [0.25, 0.3) is 0 Å². The zero-order valence-corrected chi connectivity index (χ0v) is 15.5. The lowest BCUT2D eigenvalue weighted by Crippen LogP contribution is -2.36. The van der Waals surface area contributed by atoms with Crippen molar-refractivity contribution in [2.24, 2.45) is 13.0 Å². The number of nitriles is 1. The maximum absolute atomic E-state index is 12.6. The van der Waals surface area contributed by atoms with Crippen LogP contribution in [0, 0.1) is 17.2 Å². The van der Waals surface area contributed by atoms with Crippen molar-refractivity contribution in [1.29, 1.82) is 5.26 Å². The predicted octanol–water partition coefficient (Wildman–Crippen LogP) is 2.47. The molecule has 2 heterocycles. The minimum Gasteiger partial charge on any atom is -0.354 e. The lowest BCUT2D eigenvalue weighted by atomic mass is 10.0. The zero-order valence-electron chi connectivity index (χ0n) is 15.5. The molecule has 0 atom stereocenters. The van der Waals surface area contributed by atoms with Gasteiger partial charge in [-0.05, 0) is 31.6 Å². The third-order valence-electron chi connectivity index (χ3n) is 5.62. The van der Waals surface area contributed by atoms with Gasteiger partial charge in [-0.2, -0.15) is 10.4 Å². The first kappa shape index (κ1) is 17.8. The summed E-state index contributed by atoms with van der Waals surface area (Å²) in [5, 5.41) is 14.0. The molecule has 0 bridgehead atoms. The number of carbonyl (C=O) groups is 1. The number of nitrogens with zero attached hydrogens (tertiary/aromatic N) is 5. The van der Waals surface area contributed by atoms with E-state index in [0.717, 1.165) is 57.0 Å². The van der Waals surface area contributed by atoms with E-state index in [1.165, 1.54) is 25.7 Å². The van der Waals surface area contributed by atoms with Crippen molar-refractivity contribution in [3.63, 3.8) is 0 Å². The van der Waals surface area contributed by atoms with Gasteiger partial charge < -0.3 is 9.80 Å². The van der Waals surface area contributed by atoms with Gasteiger partial charge >= 0.3 is 0 Å². The van der Waals surface area contributed by atoms with E-state index in [1.54, 1.807) is 0 Å². The quantitative estimate of drug-likeness (QED) is 0.842. The Kier molecular flexibility index (Phi) is 5.62. The molecule has 2 aliphatic rings. The number of amides is 1. The average Bonchev–Trinajstić information content (AvgIpc) is 3.15. The summed E-state index contributed by atoms with van der Waals surface area (Å²) in [5.74, 6) is 1.82. The zero-order chi connectivity index (χ0) is 17.8. The molecule has 1 aromatic heterocycles. The highest BCUT2D eigenvalue weighted by Gasteiger charge is 2.26. The first-order chi connectivity index (χ1) is 12.1. The molecule has 0 unspecified atom stereocenters. The third kappa shape index (κ3) is 3.81. The minimum atomic E-state index is 0.313. The van der Waals surface area contributed by atoms with Gasteiger partial charge in [0.1, 0.15) is 17.5 Å². The smallest absolute Gasteiger partial charge is 0.222 e. The van der Waals surface area contributed by atoms with E-state index in [2.05, 4.69) is 16.1 Å². The van der Waals surface area contributed by atoms with Crippen LogP contribution in [0.3, 0.4) is 0 Å². The van der Waals surface area contributed by atoms with Gasteiger partial charge in [-0.1, -0.05) is 19.8 Å². The molecule has 0 aromatic carbocycles. The van der Waals surface area contributed by atoms with Crippen LogP contribution in [0.2, 0.25) is 0 Å². The van der Waals surface area contributed by atoms with Gasteiger partial charge in [-0.15, -0.1) is 0 Å². The van der Waals surface area contributed by atoms with Gasteiger partial charge in [-0.3, -0.25) is 9.48 Å². The molecule has 136 valence electrons. The summed E-state index contributed by atoms with van der Waals surface area (Å²) >= 11 is 0. The van der Waals surface area contributed by atoms with Crippen molar-refractivity contribution in [2.45, 2.75) is 51.9 Å². The fourth-order valence-electron chi connectivity index (χ4n) is 4.26. The monoisotopic (exact) mass is 343 g/mol. The number of carbonyl (C=O) groups excluding carboxylic acids is 1. The first-order valence-electron chi connectivity index (χ1n) is 9.62. The molecule has 6 nitrogen and oxygen atoms in total. The molecule has 1 amide bonds. The van der Waals surface area contributed by atoms with Crippen LogP contribution in [0.1, 0.15) is 56.7 Å². The van der Waals surface area contributed by atoms with Gasteiger partial charge in [0, 0.05) is 39.6 Å². The van der Waals surface area contributed by atoms with Gasteiger partial charge in [0.2, 0.25) is 5.91 Å². The van der Waals surface area contributed by atoms with E-state index in [4.69, 9.17) is 0 Å². The summed E-state index contributed by atoms with van der Waals surface area (Å²) in [6, 6.07) is 2.33. The van der Waals surface area contributed by atoms with Gasteiger partial charge in [0.25, 0.3) is 0 Å². The van der Waals surface area contributed by atoms with Gasteiger partial charge in [-0.25, -0.2) is 0 Å². The maximum Gasteiger partial charge on any atom is 0.222 e. The summed E-state index contributed by atoms with van der Waals surface area (Å²) in [4.78, 5) is 16.9. The molecule has 1 aromatic rings. The first-order valence-corrected chi connectivity index (χ1v) is 9.62. The van der Waals surface area contributed by atoms with Crippen molar-refractivity contribution < 1.29 is 4.79 Å². The fourth-order valence-corrected chi connectivity index (χ4v) is 4.26. The Morgan fingerprint density at radius 1 is 1.20 bits per heavy atom. The highest BCUT2D eigenvalue weighted by Crippen LogP contribution is 2.29. The second kappa shape index (κ2) is 7.90. The molecule has 25 heavy (non-hydrogen) atoms. The van der Waals surface area contributed by atoms with Crippen LogP contribution < -0.4 is 4.90 Å². The van der Waals surface area contributed by atoms with Gasteiger partial charge in [0.15, 0.2) is 0 Å². The topological polar surface area (TPSA) is 65.2 Å². The van der Waals surface area contributed by atoms with Crippen LogP contribution in [0.4, 0.5) is 5.82 Å². The number of hydrogen-bond acceptors (Lipinski definition) is 4. The van der Waals surface area contributed by atoms with Crippen molar-refractivity contribution >= 4 is 11.7 Å². The van der Waals surface area contributed by atoms with Crippen molar-refractivity contribution in [3.05, 3.63) is 11.3 Å². The largest absolute Gasteiger partial charge is 0.354 e. The van der Waals surface area contributed by atoms with Gasteiger partial charge in [0.05, 0.1) is 5.69 Å². The molecule has 1 saturated carbocycles. The number of aryl methyl sites for hydroxylation is 2. The Hall–Kier alpha value is -2.03. The van der Waals surface area contributed by atoms with E-state index < -0.39 is 0 Å². The lowest BCUT2D eigenvalue weighted by molar-refractivity contribution is -0.131. The minimum absolute atomic E-state index is 0.313. The molecular weight excluding hydrogens is 314 g/mol. The summed E-state index contributed by atoms with van der Waals surface area (Å²) < 4.78 is 1.83. The highest BCUT2D eigenvalue weighted by molar-refractivity contribution is 5.76. The molecule has 0 radical (unpaired) electrons. The van der Waals surface area contributed by atoms with Crippen LogP contribution in [0.5, 0.6) is 0 Å². The van der Waals surface area contributed by atoms with E-state index >= 15 is 0 Å². The standard InChI is InChI=1S/C19H29N5O/c1-3-17-16(14-20)19(22(2)21-17)24-10-6-9-23(11-12-24)18(25)13-15-7-4-5-8-15/h15H,3-13H2,1-2H3. The molecule has 6 heteroatoms. The maximum atomic E-state index is 12.6. The second-order valence-corrected chi connectivity index (χ2v) is 7.31. The summed E-state index contributed by atoms with van der Waals surface area (Å²) in [6.07, 6.45) is 7.41. The number of anilines is 1. The molecule has 0 spiro atoms. The molecule has 0 N–H and O–H groups in total. The molecule has 1 aliphatic heterocycles. The number of hydrogen-bond donors (Lipinski definition) is 0. The second-order valence-electron chi connectivity index (χ2n) is 7.31. The molecule has 1 saturated heterocycles. The molecule has 1 aliphatic carbocycles. The summed E-state index contributed by atoms with van der Waals surface area (Å²) in [6.45, 7) is 5.22. The number of aromatic nitrogens is 2. The lowest BCUT2D eigenvalue weighted by Gasteiger charge is -2.24. The molecular formula is C19H29N5O. The Morgan fingerprint density at radius 2 is 1.96 bits per heavy atom. The van der Waals surface area contributed by atoms with Crippen LogP contribution >= 0.6 is 0 Å². The number of rotatable bonds is 4. The fraction of sp³-hybridized carbons (Fsp3) is 0.737. The summed E-state index contributed by atoms with van der Waals surface area (Å²) in [7, 11) is 1.91. The van der Waals surface area contributed by atoms with Crippen molar-refractivity contribution in [2.75, 3.05) is 31.1 Å². The van der Waals surface area contributed by atoms with E-state index in [1.807, 2.05) is 23.6 Å². The highest BCUT2D eigenvalue weighted by atomic mass is 16.2. The van der Waals surface area contributed by atoms with Crippen LogP contribution in [0.15, 0.2) is 0 Å². The average molecular weight is 343 g/mol. The third-order valence-corrected chi connectivity index (χ3v) is 5.62. The van der Waals surface area contributed by atoms with Crippen LogP contribution in [-0.4, -0.2) is 46.8 Å². The summed E-state index contributed by atoms with van der Waals surface area (Å²) in [5.41, 5.74) is 1.55. The SMILES string of the molecule is CCc1nn(C)c(N2CCCN(C(=O)CC3CCCC3)CC2)c1C#N. The van der Waals surface area contributed by atoms with E-state index in [0.29, 0.717) is 17.4 Å². The van der Waals surface area contributed by atoms with Crippen molar-refractivity contribution in [3.8, 4) is 6.07 Å². The Balaban J connectivity index is 1.66. The Bertz CT molecular complexity index is 654. The molecule has 2 fully saturated rings. The van der Waals surface area contributed by atoms with E-state index in [9.17, 15) is 10.1 Å². The normalized spacial score (nSPS) is 19.1. The Morgan fingerprint density at radius 3 is 2.64 bits per heavy atom. The Labute approximate surface area is 150 Å². The van der Waals surface area contributed by atoms with Crippen LogP contribution in [-0.2, 0) is 18.3 Å². The predicted molar refractivity (Wildman–Crippen MR) is 97.3 cm³/mol.